The highest BCUT2D eigenvalue weighted by Gasteiger charge is 2.07. The fourth-order valence-electron chi connectivity index (χ4n) is 1.81. The molecule has 1 aliphatic heterocycles. The van der Waals surface area contributed by atoms with Gasteiger partial charge in [-0.25, -0.2) is 0 Å². The van der Waals surface area contributed by atoms with Gasteiger partial charge in [0.15, 0.2) is 0 Å². The van der Waals surface area contributed by atoms with E-state index in [1.54, 1.807) is 0 Å². The van der Waals surface area contributed by atoms with Crippen LogP contribution in [-0.2, 0) is 6.42 Å². The predicted octanol–water partition coefficient (Wildman–Crippen LogP) is 2.97. The number of aryl methyl sites for hydroxylation is 1. The molecule has 0 fully saturated rings. The standard InChI is InChI=1S/C13H14BrN3/c14-12-6-10(8-15)13(16)7-9(12)3-4-11-2-1-5-17-11/h1-2,6-8,15H,3-5,16H2. The molecule has 0 unspecified atom stereocenters. The van der Waals surface area contributed by atoms with Gasteiger partial charge in [-0.2, -0.15) is 0 Å². The van der Waals surface area contributed by atoms with Gasteiger partial charge in [0.25, 0.3) is 0 Å². The van der Waals surface area contributed by atoms with E-state index in [4.69, 9.17) is 11.1 Å². The van der Waals surface area contributed by atoms with Crippen molar-refractivity contribution < 1.29 is 0 Å². The summed E-state index contributed by atoms with van der Waals surface area (Å²) in [4.78, 5) is 4.36. The van der Waals surface area contributed by atoms with Crippen LogP contribution in [0.2, 0.25) is 0 Å². The largest absolute Gasteiger partial charge is 0.398 e. The van der Waals surface area contributed by atoms with Crippen molar-refractivity contribution in [2.45, 2.75) is 12.8 Å². The molecular formula is C13H14BrN3. The van der Waals surface area contributed by atoms with Crippen molar-refractivity contribution >= 4 is 33.5 Å². The summed E-state index contributed by atoms with van der Waals surface area (Å²) in [7, 11) is 0. The molecule has 4 heteroatoms. The van der Waals surface area contributed by atoms with Gasteiger partial charge in [0.2, 0.25) is 0 Å². The molecule has 3 N–H and O–H groups in total. The molecule has 0 aliphatic carbocycles. The van der Waals surface area contributed by atoms with Crippen LogP contribution < -0.4 is 5.73 Å². The molecule has 88 valence electrons. The molecule has 0 saturated carbocycles. The molecular weight excluding hydrogens is 278 g/mol. The van der Waals surface area contributed by atoms with E-state index >= 15 is 0 Å². The lowest BCUT2D eigenvalue weighted by molar-refractivity contribution is 1.03. The normalized spacial score (nSPS) is 13.8. The first-order chi connectivity index (χ1) is 8.20. The van der Waals surface area contributed by atoms with Crippen molar-refractivity contribution in [3.63, 3.8) is 0 Å². The Labute approximate surface area is 109 Å². The molecule has 0 bridgehead atoms. The number of nitrogen functional groups attached to an aromatic ring is 1. The SMILES string of the molecule is N=Cc1cc(Br)c(CCC2=NCC=C2)cc1N. The Kier molecular flexibility index (Phi) is 3.74. The lowest BCUT2D eigenvalue weighted by Gasteiger charge is -2.08. The summed E-state index contributed by atoms with van der Waals surface area (Å²) in [6.45, 7) is 0.811. The predicted molar refractivity (Wildman–Crippen MR) is 76.2 cm³/mol. The number of allylic oxidation sites excluding steroid dienone is 1. The van der Waals surface area contributed by atoms with Crippen molar-refractivity contribution in [2.75, 3.05) is 12.3 Å². The summed E-state index contributed by atoms with van der Waals surface area (Å²) in [5, 5.41) is 7.24. The quantitative estimate of drug-likeness (QED) is 0.650. The fourth-order valence-corrected chi connectivity index (χ4v) is 2.36. The van der Waals surface area contributed by atoms with E-state index in [1.165, 1.54) is 6.21 Å². The fraction of sp³-hybridized carbons (Fsp3) is 0.231. The molecule has 0 amide bonds. The van der Waals surface area contributed by atoms with Crippen LogP contribution >= 0.6 is 15.9 Å². The maximum absolute atomic E-state index is 7.24. The Morgan fingerprint density at radius 3 is 2.88 bits per heavy atom. The molecule has 2 rings (SSSR count). The Morgan fingerprint density at radius 1 is 1.41 bits per heavy atom. The molecule has 1 aliphatic rings. The number of benzene rings is 1. The van der Waals surface area contributed by atoms with E-state index in [0.717, 1.165) is 40.7 Å². The summed E-state index contributed by atoms with van der Waals surface area (Å²) in [5.41, 5.74) is 9.58. The van der Waals surface area contributed by atoms with Crippen LogP contribution in [0.25, 0.3) is 0 Å². The molecule has 0 atom stereocenters. The van der Waals surface area contributed by atoms with Crippen molar-refractivity contribution in [3.8, 4) is 0 Å². The first kappa shape index (κ1) is 12.0. The smallest absolute Gasteiger partial charge is 0.0577 e. The molecule has 17 heavy (non-hydrogen) atoms. The number of hydrogen-bond acceptors (Lipinski definition) is 3. The molecule has 0 spiro atoms. The van der Waals surface area contributed by atoms with Gasteiger partial charge in [0, 0.05) is 27.6 Å². The van der Waals surface area contributed by atoms with Crippen molar-refractivity contribution in [2.24, 2.45) is 4.99 Å². The van der Waals surface area contributed by atoms with Gasteiger partial charge in [0.05, 0.1) is 6.54 Å². The molecule has 0 aromatic heterocycles. The minimum Gasteiger partial charge on any atom is -0.398 e. The molecule has 1 heterocycles. The van der Waals surface area contributed by atoms with Gasteiger partial charge in [-0.1, -0.05) is 22.0 Å². The minimum atomic E-state index is 0.655. The van der Waals surface area contributed by atoms with Gasteiger partial charge in [-0.15, -0.1) is 0 Å². The zero-order valence-corrected chi connectivity index (χ0v) is 11.0. The highest BCUT2D eigenvalue weighted by atomic mass is 79.9. The highest BCUT2D eigenvalue weighted by Crippen LogP contribution is 2.24. The van der Waals surface area contributed by atoms with Gasteiger partial charge in [-0.3, -0.25) is 4.99 Å². The van der Waals surface area contributed by atoms with Crippen molar-refractivity contribution in [1.82, 2.24) is 0 Å². The number of anilines is 1. The van der Waals surface area contributed by atoms with E-state index in [1.807, 2.05) is 12.1 Å². The van der Waals surface area contributed by atoms with Gasteiger partial charge in [0.1, 0.15) is 0 Å². The Bertz CT molecular complexity index is 504. The second kappa shape index (κ2) is 5.27. The van der Waals surface area contributed by atoms with E-state index < -0.39 is 0 Å². The molecule has 1 aromatic carbocycles. The maximum Gasteiger partial charge on any atom is 0.0577 e. The van der Waals surface area contributed by atoms with Crippen LogP contribution in [0, 0.1) is 5.41 Å². The van der Waals surface area contributed by atoms with Gasteiger partial charge < -0.3 is 11.1 Å². The zero-order valence-electron chi connectivity index (χ0n) is 9.41. The topological polar surface area (TPSA) is 62.2 Å². The summed E-state index contributed by atoms with van der Waals surface area (Å²) in [5.74, 6) is 0. The number of nitrogens with two attached hydrogens (primary N) is 1. The zero-order chi connectivity index (χ0) is 12.3. The van der Waals surface area contributed by atoms with Crippen LogP contribution in [0.15, 0.2) is 33.7 Å². The van der Waals surface area contributed by atoms with E-state index in [2.05, 4.69) is 33.1 Å². The number of halogens is 1. The van der Waals surface area contributed by atoms with Crippen LogP contribution in [0.5, 0.6) is 0 Å². The van der Waals surface area contributed by atoms with Crippen LogP contribution in [-0.4, -0.2) is 18.5 Å². The average molecular weight is 292 g/mol. The van der Waals surface area contributed by atoms with Crippen molar-refractivity contribution in [3.05, 3.63) is 39.9 Å². The van der Waals surface area contributed by atoms with E-state index in [9.17, 15) is 0 Å². The van der Waals surface area contributed by atoms with Crippen LogP contribution in [0.4, 0.5) is 5.69 Å². The van der Waals surface area contributed by atoms with Crippen LogP contribution in [0.1, 0.15) is 17.5 Å². The van der Waals surface area contributed by atoms with E-state index in [0.29, 0.717) is 5.69 Å². The minimum absolute atomic E-state index is 0.655. The third kappa shape index (κ3) is 2.82. The first-order valence-electron chi connectivity index (χ1n) is 5.49. The monoisotopic (exact) mass is 291 g/mol. The first-order valence-corrected chi connectivity index (χ1v) is 6.28. The number of aliphatic imine (C=N–C) groups is 1. The van der Waals surface area contributed by atoms with Gasteiger partial charge >= 0.3 is 0 Å². The lowest BCUT2D eigenvalue weighted by atomic mass is 10.0. The maximum atomic E-state index is 7.24. The van der Waals surface area contributed by atoms with E-state index in [-0.39, 0.29) is 0 Å². The Hall–Kier alpha value is -1.42. The summed E-state index contributed by atoms with van der Waals surface area (Å²) >= 11 is 3.51. The third-order valence-electron chi connectivity index (χ3n) is 2.77. The Balaban J connectivity index is 2.13. The number of rotatable bonds is 4. The second-order valence-corrected chi connectivity index (χ2v) is 4.81. The van der Waals surface area contributed by atoms with Crippen molar-refractivity contribution in [1.29, 1.82) is 5.41 Å². The summed E-state index contributed by atoms with van der Waals surface area (Å²) in [6, 6.07) is 3.83. The number of hydrogen-bond donors (Lipinski definition) is 2. The lowest BCUT2D eigenvalue weighted by Crippen LogP contribution is -1.99. The number of nitrogens with one attached hydrogen (secondary N) is 1. The number of nitrogens with zero attached hydrogens (tertiary/aromatic N) is 1. The molecule has 1 aromatic rings. The molecule has 3 nitrogen and oxygen atoms in total. The highest BCUT2D eigenvalue weighted by molar-refractivity contribution is 9.10. The molecule has 0 saturated heterocycles. The second-order valence-electron chi connectivity index (χ2n) is 3.95. The Morgan fingerprint density at radius 2 is 2.24 bits per heavy atom. The van der Waals surface area contributed by atoms with Gasteiger partial charge in [-0.05, 0) is 36.6 Å². The third-order valence-corrected chi connectivity index (χ3v) is 3.51. The average Bonchev–Trinajstić information content (AvgIpc) is 2.82. The summed E-state index contributed by atoms with van der Waals surface area (Å²) < 4.78 is 1.01. The van der Waals surface area contributed by atoms with Crippen LogP contribution in [0.3, 0.4) is 0 Å². The molecule has 0 radical (unpaired) electrons. The summed E-state index contributed by atoms with van der Waals surface area (Å²) in [6.07, 6.45) is 7.25.